The molecule has 0 atom stereocenters. The number of rotatable bonds is 4. The lowest BCUT2D eigenvalue weighted by atomic mass is 9.74. The summed E-state index contributed by atoms with van der Waals surface area (Å²) in [5.74, 6) is -0.918. The van der Waals surface area contributed by atoms with Crippen molar-refractivity contribution >= 4 is 17.8 Å². The van der Waals surface area contributed by atoms with Crippen LogP contribution in [-0.4, -0.2) is 58.9 Å². The van der Waals surface area contributed by atoms with Crippen molar-refractivity contribution in [3.8, 4) is 0 Å². The van der Waals surface area contributed by atoms with Gasteiger partial charge in [-0.25, -0.2) is 0 Å². The SMILES string of the molecule is CC(=O)N1CCN(C(=O)C(C)(C)CC(C)(C)C(=O)O)CC1. The number of aliphatic carboxylic acids is 1. The van der Waals surface area contributed by atoms with E-state index in [1.165, 1.54) is 6.92 Å². The van der Waals surface area contributed by atoms with Gasteiger partial charge in [-0.3, -0.25) is 14.4 Å². The Morgan fingerprint density at radius 2 is 1.33 bits per heavy atom. The van der Waals surface area contributed by atoms with Crippen LogP contribution in [0.2, 0.25) is 0 Å². The van der Waals surface area contributed by atoms with E-state index in [9.17, 15) is 19.5 Å². The summed E-state index contributed by atoms with van der Waals surface area (Å²) < 4.78 is 0. The average Bonchev–Trinajstić information content (AvgIpc) is 2.36. The molecule has 1 aliphatic heterocycles. The van der Waals surface area contributed by atoms with Crippen LogP contribution in [0, 0.1) is 10.8 Å². The third kappa shape index (κ3) is 4.19. The quantitative estimate of drug-likeness (QED) is 0.846. The van der Waals surface area contributed by atoms with Crippen LogP contribution in [0.25, 0.3) is 0 Å². The highest BCUT2D eigenvalue weighted by Gasteiger charge is 2.41. The number of carbonyl (C=O) groups excluding carboxylic acids is 2. The zero-order chi connectivity index (χ0) is 16.4. The molecule has 1 fully saturated rings. The Labute approximate surface area is 126 Å². The maximum absolute atomic E-state index is 12.6. The molecule has 0 aromatic rings. The number of carboxylic acids is 1. The summed E-state index contributed by atoms with van der Waals surface area (Å²) >= 11 is 0. The maximum Gasteiger partial charge on any atom is 0.309 e. The molecule has 120 valence electrons. The minimum absolute atomic E-state index is 0.0216. The molecule has 21 heavy (non-hydrogen) atoms. The molecule has 1 N–H and O–H groups in total. The van der Waals surface area contributed by atoms with Gasteiger partial charge in [-0.15, -0.1) is 0 Å². The van der Waals surface area contributed by atoms with Crippen molar-refractivity contribution in [2.45, 2.75) is 41.0 Å². The monoisotopic (exact) mass is 298 g/mol. The first-order chi connectivity index (χ1) is 9.47. The number of hydrogen-bond donors (Lipinski definition) is 1. The van der Waals surface area contributed by atoms with Crippen molar-refractivity contribution < 1.29 is 19.5 Å². The normalized spacial score (nSPS) is 16.8. The minimum Gasteiger partial charge on any atom is -0.481 e. The zero-order valence-electron chi connectivity index (χ0n) is 13.6. The van der Waals surface area contributed by atoms with Crippen molar-refractivity contribution in [1.29, 1.82) is 0 Å². The van der Waals surface area contributed by atoms with Crippen molar-refractivity contribution in [3.05, 3.63) is 0 Å². The molecule has 0 aromatic carbocycles. The third-order valence-electron chi connectivity index (χ3n) is 4.05. The molecule has 1 heterocycles. The summed E-state index contributed by atoms with van der Waals surface area (Å²) in [6.45, 7) is 10.5. The molecule has 0 saturated carbocycles. The molecule has 6 nitrogen and oxygen atoms in total. The van der Waals surface area contributed by atoms with Crippen LogP contribution >= 0.6 is 0 Å². The molecule has 0 aromatic heterocycles. The summed E-state index contributed by atoms with van der Waals surface area (Å²) in [5.41, 5.74) is -1.68. The van der Waals surface area contributed by atoms with E-state index in [-0.39, 0.29) is 18.2 Å². The highest BCUT2D eigenvalue weighted by molar-refractivity contribution is 5.84. The predicted octanol–water partition coefficient (Wildman–Crippen LogP) is 1.20. The first kappa shape index (κ1) is 17.5. The number of nitrogens with zero attached hydrogens (tertiary/aromatic N) is 2. The molecule has 0 radical (unpaired) electrons. The molecule has 0 aliphatic carbocycles. The van der Waals surface area contributed by atoms with Crippen molar-refractivity contribution in [3.63, 3.8) is 0 Å². The summed E-state index contributed by atoms with van der Waals surface area (Å²) in [6.07, 6.45) is 0.279. The Balaban J connectivity index is 2.70. The van der Waals surface area contributed by atoms with Gasteiger partial charge in [-0.2, -0.15) is 0 Å². The number of carbonyl (C=O) groups is 3. The van der Waals surface area contributed by atoms with E-state index < -0.39 is 16.8 Å². The lowest BCUT2D eigenvalue weighted by Crippen LogP contribution is -2.53. The van der Waals surface area contributed by atoms with Crippen LogP contribution in [0.3, 0.4) is 0 Å². The van der Waals surface area contributed by atoms with Gasteiger partial charge in [0.25, 0.3) is 0 Å². The fraction of sp³-hybridized carbons (Fsp3) is 0.800. The number of hydrogen-bond acceptors (Lipinski definition) is 3. The van der Waals surface area contributed by atoms with Gasteiger partial charge in [-0.05, 0) is 20.3 Å². The second-order valence-electron chi connectivity index (χ2n) is 7.05. The first-order valence-electron chi connectivity index (χ1n) is 7.26. The van der Waals surface area contributed by atoms with Crippen LogP contribution in [0.4, 0.5) is 0 Å². The smallest absolute Gasteiger partial charge is 0.309 e. The predicted molar refractivity (Wildman–Crippen MR) is 78.6 cm³/mol. The Bertz CT molecular complexity index is 435. The van der Waals surface area contributed by atoms with Crippen molar-refractivity contribution in [2.75, 3.05) is 26.2 Å². The third-order valence-corrected chi connectivity index (χ3v) is 4.05. The van der Waals surface area contributed by atoms with Crippen LogP contribution in [-0.2, 0) is 14.4 Å². The molecular formula is C15H26N2O4. The van der Waals surface area contributed by atoms with E-state index in [1.54, 1.807) is 37.5 Å². The van der Waals surface area contributed by atoms with Gasteiger partial charge in [0.05, 0.1) is 5.41 Å². The molecule has 1 rings (SSSR count). The first-order valence-corrected chi connectivity index (χ1v) is 7.26. The van der Waals surface area contributed by atoms with E-state index >= 15 is 0 Å². The van der Waals surface area contributed by atoms with Gasteiger partial charge >= 0.3 is 5.97 Å². The van der Waals surface area contributed by atoms with Gasteiger partial charge in [0.15, 0.2) is 0 Å². The van der Waals surface area contributed by atoms with Crippen molar-refractivity contribution in [1.82, 2.24) is 9.80 Å². The van der Waals surface area contributed by atoms with E-state index in [0.29, 0.717) is 26.2 Å². The summed E-state index contributed by atoms with van der Waals surface area (Å²) in [4.78, 5) is 38.6. The van der Waals surface area contributed by atoms with E-state index in [4.69, 9.17) is 0 Å². The van der Waals surface area contributed by atoms with Crippen molar-refractivity contribution in [2.24, 2.45) is 10.8 Å². The van der Waals surface area contributed by atoms with Crippen LogP contribution in [0.15, 0.2) is 0 Å². The maximum atomic E-state index is 12.6. The van der Waals surface area contributed by atoms with Crippen LogP contribution in [0.1, 0.15) is 41.0 Å². The molecule has 1 saturated heterocycles. The minimum atomic E-state index is -0.944. The standard InChI is InChI=1S/C15H26N2O4/c1-11(18)16-6-8-17(9-7-16)12(19)14(2,3)10-15(4,5)13(20)21/h6-10H2,1-5H3,(H,20,21). The topological polar surface area (TPSA) is 77.9 Å². The Hall–Kier alpha value is -1.59. The Morgan fingerprint density at radius 3 is 1.71 bits per heavy atom. The van der Waals surface area contributed by atoms with Crippen LogP contribution in [0.5, 0.6) is 0 Å². The highest BCUT2D eigenvalue weighted by Crippen LogP contribution is 2.35. The Kier molecular flexibility index (Phi) is 5.02. The van der Waals surface area contributed by atoms with E-state index in [0.717, 1.165) is 0 Å². The molecular weight excluding hydrogens is 272 g/mol. The summed E-state index contributed by atoms with van der Waals surface area (Å²) in [5, 5.41) is 9.22. The number of piperazine rings is 1. The molecule has 0 bridgehead atoms. The lowest BCUT2D eigenvalue weighted by Gasteiger charge is -2.40. The average molecular weight is 298 g/mol. The molecule has 0 unspecified atom stereocenters. The zero-order valence-corrected chi connectivity index (χ0v) is 13.6. The van der Waals surface area contributed by atoms with Gasteiger partial charge < -0.3 is 14.9 Å². The summed E-state index contributed by atoms with van der Waals surface area (Å²) in [6, 6.07) is 0. The van der Waals surface area contributed by atoms with Gasteiger partial charge in [0.2, 0.25) is 11.8 Å². The molecule has 0 spiro atoms. The fourth-order valence-corrected chi connectivity index (χ4v) is 2.91. The molecule has 6 heteroatoms. The highest BCUT2D eigenvalue weighted by atomic mass is 16.4. The van der Waals surface area contributed by atoms with E-state index in [2.05, 4.69) is 0 Å². The van der Waals surface area contributed by atoms with Gasteiger partial charge in [0, 0.05) is 38.5 Å². The largest absolute Gasteiger partial charge is 0.481 e. The number of amides is 2. The van der Waals surface area contributed by atoms with Gasteiger partial charge in [-0.1, -0.05) is 13.8 Å². The molecule has 1 aliphatic rings. The lowest BCUT2D eigenvalue weighted by molar-refractivity contribution is -0.153. The fourth-order valence-electron chi connectivity index (χ4n) is 2.91. The number of carboxylic acid groups (broad SMARTS) is 1. The second-order valence-corrected chi connectivity index (χ2v) is 7.05. The van der Waals surface area contributed by atoms with E-state index in [1.807, 2.05) is 0 Å². The van der Waals surface area contributed by atoms with Crippen LogP contribution < -0.4 is 0 Å². The summed E-state index contributed by atoms with van der Waals surface area (Å²) in [7, 11) is 0. The Morgan fingerprint density at radius 1 is 0.905 bits per heavy atom. The molecule has 2 amide bonds. The second kappa shape index (κ2) is 6.03. The van der Waals surface area contributed by atoms with Gasteiger partial charge in [0.1, 0.15) is 0 Å².